The van der Waals surface area contributed by atoms with E-state index in [0.717, 1.165) is 12.0 Å². The fraction of sp³-hybridized carbons (Fsp3) is 0.300. The number of rotatable bonds is 7. The molecular weight excluding hydrogens is 378 g/mol. The Balaban J connectivity index is 1.98. The molecule has 7 nitrogen and oxygen atoms in total. The van der Waals surface area contributed by atoms with Crippen LogP contribution in [0, 0.1) is 0 Å². The van der Waals surface area contributed by atoms with E-state index in [9.17, 15) is 18.0 Å². The molecule has 0 saturated heterocycles. The van der Waals surface area contributed by atoms with Gasteiger partial charge < -0.3 is 0 Å². The quantitative estimate of drug-likeness (QED) is 0.618. The fourth-order valence-electron chi connectivity index (χ4n) is 2.35. The van der Waals surface area contributed by atoms with Crippen molar-refractivity contribution in [1.82, 2.24) is 15.6 Å². The summed E-state index contributed by atoms with van der Waals surface area (Å²) in [5, 5.41) is 0. The van der Waals surface area contributed by atoms with E-state index in [0.29, 0.717) is 12.0 Å². The molecule has 0 heterocycles. The minimum absolute atomic E-state index is 0.0735. The Hall–Kier alpha value is -2.71. The molecule has 2 amide bonds. The van der Waals surface area contributed by atoms with Crippen LogP contribution in [0.1, 0.15) is 53.5 Å². The number of aryl methyl sites for hydroxylation is 1. The summed E-state index contributed by atoms with van der Waals surface area (Å²) >= 11 is 0. The predicted molar refractivity (Wildman–Crippen MR) is 107 cm³/mol. The minimum atomic E-state index is -3.63. The van der Waals surface area contributed by atoms with Crippen LogP contribution in [0.5, 0.6) is 0 Å². The summed E-state index contributed by atoms with van der Waals surface area (Å²) in [5.41, 5.74) is 6.43. The first kappa shape index (κ1) is 21.6. The molecule has 150 valence electrons. The highest BCUT2D eigenvalue weighted by atomic mass is 32.2. The van der Waals surface area contributed by atoms with Crippen LogP contribution in [0.3, 0.4) is 0 Å². The smallest absolute Gasteiger partial charge is 0.267 e. The Kier molecular flexibility index (Phi) is 7.31. The Labute approximate surface area is 165 Å². The molecule has 0 bridgehead atoms. The molecule has 0 spiro atoms. The summed E-state index contributed by atoms with van der Waals surface area (Å²) in [4.78, 5) is 24.3. The number of hydrogen-bond acceptors (Lipinski definition) is 4. The van der Waals surface area contributed by atoms with E-state index >= 15 is 0 Å². The first-order valence-corrected chi connectivity index (χ1v) is 10.6. The Morgan fingerprint density at radius 2 is 1.32 bits per heavy atom. The molecule has 1 atom stereocenters. The topological polar surface area (TPSA) is 104 Å². The SMILES string of the molecule is CCc1ccc(C(=O)NNC(=O)c2ccc(S(=O)(=O)N[C@H](C)CC)cc2)cc1. The molecule has 3 N–H and O–H groups in total. The number of carbonyl (C=O) groups is 2. The highest BCUT2D eigenvalue weighted by Gasteiger charge is 2.17. The van der Waals surface area contributed by atoms with Gasteiger partial charge in [0.2, 0.25) is 10.0 Å². The van der Waals surface area contributed by atoms with Crippen LogP contribution in [-0.2, 0) is 16.4 Å². The maximum absolute atomic E-state index is 12.2. The molecule has 0 aliphatic heterocycles. The third-order valence-corrected chi connectivity index (χ3v) is 5.91. The van der Waals surface area contributed by atoms with Crippen molar-refractivity contribution >= 4 is 21.8 Å². The molecule has 0 aromatic heterocycles. The molecule has 2 aromatic carbocycles. The Morgan fingerprint density at radius 3 is 1.75 bits per heavy atom. The summed E-state index contributed by atoms with van der Waals surface area (Å²) in [5.74, 6) is -0.981. The lowest BCUT2D eigenvalue weighted by molar-refractivity contribution is 0.0846. The molecule has 0 aliphatic rings. The second-order valence-electron chi connectivity index (χ2n) is 6.41. The van der Waals surface area contributed by atoms with Crippen LogP contribution in [-0.4, -0.2) is 26.3 Å². The van der Waals surface area contributed by atoms with Gasteiger partial charge in [-0.15, -0.1) is 0 Å². The van der Waals surface area contributed by atoms with Crippen LogP contribution in [0.25, 0.3) is 0 Å². The van der Waals surface area contributed by atoms with E-state index in [1.807, 2.05) is 26.0 Å². The van der Waals surface area contributed by atoms with E-state index < -0.39 is 21.8 Å². The van der Waals surface area contributed by atoms with Gasteiger partial charge in [0.15, 0.2) is 0 Å². The van der Waals surface area contributed by atoms with Crippen molar-refractivity contribution in [3.8, 4) is 0 Å². The van der Waals surface area contributed by atoms with Crippen LogP contribution in [0.4, 0.5) is 0 Å². The minimum Gasteiger partial charge on any atom is -0.267 e. The molecule has 0 unspecified atom stereocenters. The highest BCUT2D eigenvalue weighted by molar-refractivity contribution is 7.89. The van der Waals surface area contributed by atoms with E-state index in [1.54, 1.807) is 19.1 Å². The highest BCUT2D eigenvalue weighted by Crippen LogP contribution is 2.12. The molecule has 0 saturated carbocycles. The summed E-state index contributed by atoms with van der Waals surface area (Å²) in [6, 6.07) is 12.4. The van der Waals surface area contributed by atoms with Crippen LogP contribution in [0.2, 0.25) is 0 Å². The molecule has 2 rings (SSSR count). The fourth-order valence-corrected chi connectivity index (χ4v) is 3.68. The van der Waals surface area contributed by atoms with Crippen molar-refractivity contribution in [2.24, 2.45) is 0 Å². The van der Waals surface area contributed by atoms with Crippen molar-refractivity contribution in [1.29, 1.82) is 0 Å². The van der Waals surface area contributed by atoms with Gasteiger partial charge in [-0.1, -0.05) is 26.0 Å². The summed E-state index contributed by atoms with van der Waals surface area (Å²) < 4.78 is 27.0. The molecule has 8 heteroatoms. The number of carbonyl (C=O) groups excluding carboxylic acids is 2. The number of hydrazine groups is 1. The van der Waals surface area contributed by atoms with E-state index in [4.69, 9.17) is 0 Å². The summed E-state index contributed by atoms with van der Waals surface area (Å²) in [6.45, 7) is 5.68. The van der Waals surface area contributed by atoms with Gasteiger partial charge in [-0.2, -0.15) is 0 Å². The molecule has 0 radical (unpaired) electrons. The Bertz CT molecular complexity index is 923. The number of nitrogens with one attached hydrogen (secondary N) is 3. The average Bonchev–Trinajstić information content (AvgIpc) is 2.71. The van der Waals surface area contributed by atoms with Gasteiger partial charge in [-0.3, -0.25) is 20.4 Å². The molecule has 28 heavy (non-hydrogen) atoms. The van der Waals surface area contributed by atoms with Crippen molar-refractivity contribution < 1.29 is 18.0 Å². The maximum Gasteiger partial charge on any atom is 0.269 e. The summed E-state index contributed by atoms with van der Waals surface area (Å²) in [6.07, 6.45) is 1.54. The zero-order valence-corrected chi connectivity index (χ0v) is 17.0. The Morgan fingerprint density at radius 1 is 0.857 bits per heavy atom. The molecule has 0 aliphatic carbocycles. The standard InChI is InChI=1S/C20H25N3O4S/c1-4-14(3)23-28(26,27)18-12-10-17(11-13-18)20(25)22-21-19(24)16-8-6-15(5-2)7-9-16/h6-14,23H,4-5H2,1-3H3,(H,21,24)(H,22,25)/t14-/m1/s1. The lowest BCUT2D eigenvalue weighted by atomic mass is 10.1. The van der Waals surface area contributed by atoms with Gasteiger partial charge in [0.25, 0.3) is 11.8 Å². The van der Waals surface area contributed by atoms with Gasteiger partial charge >= 0.3 is 0 Å². The molecular formula is C20H25N3O4S. The second kappa shape index (κ2) is 9.48. The second-order valence-corrected chi connectivity index (χ2v) is 8.13. The van der Waals surface area contributed by atoms with Crippen molar-refractivity contribution in [3.63, 3.8) is 0 Å². The maximum atomic E-state index is 12.2. The first-order chi connectivity index (χ1) is 13.3. The summed E-state index contributed by atoms with van der Waals surface area (Å²) in [7, 11) is -3.63. The zero-order valence-electron chi connectivity index (χ0n) is 16.2. The van der Waals surface area contributed by atoms with Gasteiger partial charge in [0.05, 0.1) is 4.90 Å². The normalized spacial score (nSPS) is 12.2. The largest absolute Gasteiger partial charge is 0.269 e. The van der Waals surface area contributed by atoms with E-state index in [-0.39, 0.29) is 16.5 Å². The number of hydrogen-bond donors (Lipinski definition) is 3. The van der Waals surface area contributed by atoms with E-state index in [2.05, 4.69) is 15.6 Å². The van der Waals surface area contributed by atoms with Gasteiger partial charge in [0.1, 0.15) is 0 Å². The zero-order chi connectivity index (χ0) is 20.7. The van der Waals surface area contributed by atoms with Crippen molar-refractivity contribution in [2.45, 2.75) is 44.6 Å². The van der Waals surface area contributed by atoms with Gasteiger partial charge in [-0.25, -0.2) is 13.1 Å². The third kappa shape index (κ3) is 5.64. The van der Waals surface area contributed by atoms with Crippen molar-refractivity contribution in [3.05, 3.63) is 65.2 Å². The monoisotopic (exact) mass is 403 g/mol. The van der Waals surface area contributed by atoms with E-state index in [1.165, 1.54) is 24.3 Å². The molecule has 0 fully saturated rings. The first-order valence-electron chi connectivity index (χ1n) is 9.08. The number of benzene rings is 2. The predicted octanol–water partition coefficient (Wildman–Crippen LogP) is 2.40. The lowest BCUT2D eigenvalue weighted by Gasteiger charge is -2.12. The third-order valence-electron chi connectivity index (χ3n) is 4.31. The van der Waals surface area contributed by atoms with Crippen molar-refractivity contribution in [2.75, 3.05) is 0 Å². The lowest BCUT2D eigenvalue weighted by Crippen LogP contribution is -2.41. The van der Waals surface area contributed by atoms with Crippen LogP contribution >= 0.6 is 0 Å². The average molecular weight is 404 g/mol. The van der Waals surface area contributed by atoms with Gasteiger partial charge in [0, 0.05) is 17.2 Å². The van der Waals surface area contributed by atoms with Crippen LogP contribution in [0.15, 0.2) is 53.4 Å². The molecule has 2 aromatic rings. The number of sulfonamides is 1. The number of amides is 2. The van der Waals surface area contributed by atoms with Gasteiger partial charge in [-0.05, 0) is 61.7 Å². The van der Waals surface area contributed by atoms with Crippen LogP contribution < -0.4 is 15.6 Å².